The highest BCUT2D eigenvalue weighted by Gasteiger charge is 2.09. The largest absolute Gasteiger partial charge is 0.496 e. The Labute approximate surface area is 86.9 Å². The number of non-ortho nitro benzene ring substituents is 1. The van der Waals surface area contributed by atoms with Crippen molar-refractivity contribution in [2.45, 2.75) is 6.54 Å². The molecule has 0 heterocycles. The molecule has 0 saturated heterocycles. The van der Waals surface area contributed by atoms with E-state index < -0.39 is 4.92 Å². The molecule has 1 aromatic rings. The molecule has 1 rings (SSSR count). The average Bonchev–Trinajstić information content (AvgIpc) is 2.25. The van der Waals surface area contributed by atoms with Gasteiger partial charge in [-0.1, -0.05) is 0 Å². The molecule has 0 saturated carbocycles. The Morgan fingerprint density at radius 3 is 2.67 bits per heavy atom. The van der Waals surface area contributed by atoms with Crippen LogP contribution >= 0.6 is 0 Å². The number of methoxy groups -OCH3 is 1. The summed E-state index contributed by atoms with van der Waals surface area (Å²) in [6.07, 6.45) is 0. The summed E-state index contributed by atoms with van der Waals surface area (Å²) in [5, 5.41) is 10.6. The van der Waals surface area contributed by atoms with Crippen LogP contribution in [0.2, 0.25) is 0 Å². The highest BCUT2D eigenvalue weighted by atomic mass is 16.6. The first kappa shape index (κ1) is 11.4. The van der Waals surface area contributed by atoms with Crippen molar-refractivity contribution in [3.63, 3.8) is 0 Å². The second-order valence-electron chi connectivity index (χ2n) is 2.82. The first-order chi connectivity index (χ1) is 7.17. The summed E-state index contributed by atoms with van der Waals surface area (Å²) in [6.45, 7) is 0.383. The summed E-state index contributed by atoms with van der Waals surface area (Å²) in [4.78, 5) is 14.8. The zero-order chi connectivity index (χ0) is 11.3. The first-order valence-corrected chi connectivity index (χ1v) is 4.25. The van der Waals surface area contributed by atoms with Gasteiger partial charge in [0.25, 0.3) is 5.69 Å². The summed E-state index contributed by atoms with van der Waals surface area (Å²) in [5.41, 5.74) is 3.33. The SMILES string of the molecule is CONCc1cc(OC)cc([N+](=O)[O-])c1. The molecule has 0 aliphatic heterocycles. The molecule has 0 atom stereocenters. The molecule has 0 aliphatic rings. The van der Waals surface area contributed by atoms with Gasteiger partial charge in [-0.3, -0.25) is 10.1 Å². The smallest absolute Gasteiger partial charge is 0.273 e. The number of rotatable bonds is 5. The Kier molecular flexibility index (Phi) is 4.02. The minimum Gasteiger partial charge on any atom is -0.496 e. The van der Waals surface area contributed by atoms with Gasteiger partial charge >= 0.3 is 0 Å². The van der Waals surface area contributed by atoms with E-state index in [1.165, 1.54) is 26.4 Å². The minimum atomic E-state index is -0.460. The third kappa shape index (κ3) is 3.19. The number of nitro benzene ring substituents is 1. The topological polar surface area (TPSA) is 73.6 Å². The van der Waals surface area contributed by atoms with Crippen LogP contribution in [0, 0.1) is 10.1 Å². The Morgan fingerprint density at radius 1 is 1.40 bits per heavy atom. The zero-order valence-corrected chi connectivity index (χ0v) is 8.52. The molecule has 6 nitrogen and oxygen atoms in total. The Bertz CT molecular complexity index is 354. The lowest BCUT2D eigenvalue weighted by Crippen LogP contribution is -2.11. The van der Waals surface area contributed by atoms with E-state index in [4.69, 9.17) is 4.74 Å². The van der Waals surface area contributed by atoms with Crippen LogP contribution in [0.5, 0.6) is 5.75 Å². The normalized spacial score (nSPS) is 10.0. The molecular formula is C9H12N2O4. The third-order valence-electron chi connectivity index (χ3n) is 1.82. The Hall–Kier alpha value is -1.66. The minimum absolute atomic E-state index is 0.00209. The third-order valence-corrected chi connectivity index (χ3v) is 1.82. The van der Waals surface area contributed by atoms with Crippen molar-refractivity contribution in [1.82, 2.24) is 5.48 Å². The molecule has 6 heteroatoms. The fraction of sp³-hybridized carbons (Fsp3) is 0.333. The van der Waals surface area contributed by atoms with Crippen LogP contribution in [0.25, 0.3) is 0 Å². The van der Waals surface area contributed by atoms with Crippen molar-refractivity contribution in [1.29, 1.82) is 0 Å². The van der Waals surface area contributed by atoms with Crippen molar-refractivity contribution < 1.29 is 14.5 Å². The van der Waals surface area contributed by atoms with E-state index >= 15 is 0 Å². The number of nitrogens with zero attached hydrogens (tertiary/aromatic N) is 1. The maximum absolute atomic E-state index is 10.6. The molecule has 0 aliphatic carbocycles. The fourth-order valence-electron chi connectivity index (χ4n) is 1.12. The molecule has 0 spiro atoms. The number of hydroxylamine groups is 1. The summed E-state index contributed by atoms with van der Waals surface area (Å²) in [5.74, 6) is 0.456. The van der Waals surface area contributed by atoms with E-state index in [1.54, 1.807) is 6.07 Å². The zero-order valence-electron chi connectivity index (χ0n) is 8.52. The van der Waals surface area contributed by atoms with Gasteiger partial charge in [-0.15, -0.1) is 0 Å². The van der Waals surface area contributed by atoms with Gasteiger partial charge in [-0.2, -0.15) is 5.48 Å². The molecule has 0 fully saturated rings. The monoisotopic (exact) mass is 212 g/mol. The molecule has 0 unspecified atom stereocenters. The highest BCUT2D eigenvalue weighted by molar-refractivity contribution is 5.42. The maximum Gasteiger partial charge on any atom is 0.273 e. The molecule has 0 radical (unpaired) electrons. The summed E-state index contributed by atoms with van der Waals surface area (Å²) in [6, 6.07) is 4.55. The van der Waals surface area contributed by atoms with Crippen molar-refractivity contribution in [3.8, 4) is 5.75 Å². The van der Waals surface area contributed by atoms with Crippen LogP contribution in [0.3, 0.4) is 0 Å². The van der Waals surface area contributed by atoms with E-state index in [1.807, 2.05) is 0 Å². The Balaban J connectivity index is 2.95. The van der Waals surface area contributed by atoms with Crippen molar-refractivity contribution in [2.75, 3.05) is 14.2 Å². The van der Waals surface area contributed by atoms with Gasteiger partial charge in [0.1, 0.15) is 5.75 Å². The van der Waals surface area contributed by atoms with Gasteiger partial charge in [-0.25, -0.2) is 0 Å². The lowest BCUT2D eigenvalue weighted by Gasteiger charge is -2.05. The average molecular weight is 212 g/mol. The summed E-state index contributed by atoms with van der Waals surface area (Å²) >= 11 is 0. The van der Waals surface area contributed by atoms with Gasteiger partial charge in [0, 0.05) is 12.6 Å². The number of hydrogen-bond acceptors (Lipinski definition) is 5. The number of nitrogens with one attached hydrogen (secondary N) is 1. The number of ether oxygens (including phenoxy) is 1. The predicted molar refractivity (Wildman–Crippen MR) is 53.5 cm³/mol. The molecule has 15 heavy (non-hydrogen) atoms. The van der Waals surface area contributed by atoms with Crippen molar-refractivity contribution >= 4 is 5.69 Å². The van der Waals surface area contributed by atoms with Gasteiger partial charge in [0.2, 0.25) is 0 Å². The van der Waals surface area contributed by atoms with Crippen LogP contribution in [0.4, 0.5) is 5.69 Å². The van der Waals surface area contributed by atoms with Crippen molar-refractivity contribution in [3.05, 3.63) is 33.9 Å². The van der Waals surface area contributed by atoms with E-state index in [0.717, 1.165) is 5.56 Å². The second-order valence-corrected chi connectivity index (χ2v) is 2.82. The first-order valence-electron chi connectivity index (χ1n) is 4.25. The van der Waals surface area contributed by atoms with Gasteiger partial charge in [0.05, 0.1) is 25.2 Å². The number of benzene rings is 1. The molecule has 1 aromatic carbocycles. The number of nitro groups is 1. The molecule has 82 valence electrons. The van der Waals surface area contributed by atoms with Gasteiger partial charge in [-0.05, 0) is 11.6 Å². The van der Waals surface area contributed by atoms with E-state index in [0.29, 0.717) is 12.3 Å². The quantitative estimate of drug-likeness (QED) is 0.587. The second kappa shape index (κ2) is 5.28. The van der Waals surface area contributed by atoms with Crippen LogP contribution in [-0.2, 0) is 11.4 Å². The van der Waals surface area contributed by atoms with Crippen LogP contribution in [-0.4, -0.2) is 19.1 Å². The molecule has 1 N–H and O–H groups in total. The molecular weight excluding hydrogens is 200 g/mol. The highest BCUT2D eigenvalue weighted by Crippen LogP contribution is 2.22. The van der Waals surface area contributed by atoms with E-state index in [-0.39, 0.29) is 5.69 Å². The van der Waals surface area contributed by atoms with Crippen molar-refractivity contribution in [2.24, 2.45) is 0 Å². The van der Waals surface area contributed by atoms with Crippen LogP contribution in [0.15, 0.2) is 18.2 Å². The van der Waals surface area contributed by atoms with Gasteiger partial charge < -0.3 is 9.57 Å². The van der Waals surface area contributed by atoms with Crippen LogP contribution < -0.4 is 10.2 Å². The summed E-state index contributed by atoms with van der Waals surface area (Å²) in [7, 11) is 2.95. The van der Waals surface area contributed by atoms with Crippen LogP contribution in [0.1, 0.15) is 5.56 Å². The number of hydrogen-bond donors (Lipinski definition) is 1. The molecule has 0 amide bonds. The van der Waals surface area contributed by atoms with E-state index in [9.17, 15) is 10.1 Å². The van der Waals surface area contributed by atoms with Gasteiger partial charge in [0.15, 0.2) is 0 Å². The van der Waals surface area contributed by atoms with E-state index in [2.05, 4.69) is 10.3 Å². The molecule has 0 bridgehead atoms. The Morgan fingerprint density at radius 2 is 2.13 bits per heavy atom. The lowest BCUT2D eigenvalue weighted by molar-refractivity contribution is -0.385. The predicted octanol–water partition coefficient (Wildman–Crippen LogP) is 1.25. The standard InChI is InChI=1S/C9H12N2O4/c1-14-9-4-7(6-10-15-2)3-8(5-9)11(12)13/h3-5,10H,6H2,1-2H3. The lowest BCUT2D eigenvalue weighted by atomic mass is 10.2. The summed E-state index contributed by atoms with van der Waals surface area (Å²) < 4.78 is 4.95. The fourth-order valence-corrected chi connectivity index (χ4v) is 1.12. The maximum atomic E-state index is 10.6. The molecule has 0 aromatic heterocycles.